The van der Waals surface area contributed by atoms with Gasteiger partial charge in [-0.1, -0.05) is 29.3 Å². The third-order valence-corrected chi connectivity index (χ3v) is 7.75. The number of benzene rings is 1. The first-order valence-corrected chi connectivity index (χ1v) is 11.7. The number of hydrogen-bond acceptors (Lipinski definition) is 5. The van der Waals surface area contributed by atoms with Crippen molar-refractivity contribution in [1.29, 1.82) is 0 Å². The molecule has 8 nitrogen and oxygen atoms in total. The van der Waals surface area contributed by atoms with Crippen LogP contribution in [-0.2, 0) is 19.7 Å². The van der Waals surface area contributed by atoms with Gasteiger partial charge in [0, 0.05) is 39.3 Å². The van der Waals surface area contributed by atoms with Gasteiger partial charge in [0.15, 0.2) is 0 Å². The van der Waals surface area contributed by atoms with Crippen molar-refractivity contribution in [3.8, 4) is 0 Å². The summed E-state index contributed by atoms with van der Waals surface area (Å²) in [6.45, 7) is 6.26. The molecular formula is C18H26Cl2N4O4S. The van der Waals surface area contributed by atoms with Crippen LogP contribution in [0.2, 0.25) is 10.0 Å². The van der Waals surface area contributed by atoms with E-state index in [0.29, 0.717) is 55.0 Å². The van der Waals surface area contributed by atoms with Crippen LogP contribution in [0.15, 0.2) is 18.2 Å². The fraction of sp³-hybridized carbons (Fsp3) is 0.611. The summed E-state index contributed by atoms with van der Waals surface area (Å²) in [7, 11) is -3.53. The molecule has 2 heterocycles. The summed E-state index contributed by atoms with van der Waals surface area (Å²) in [5, 5.41) is 3.42. The lowest BCUT2D eigenvalue weighted by Crippen LogP contribution is -2.57. The number of rotatable bonds is 5. The average molecular weight is 465 g/mol. The number of piperazine rings is 1. The zero-order chi connectivity index (χ0) is 21.2. The van der Waals surface area contributed by atoms with Crippen LogP contribution in [-0.4, -0.2) is 85.9 Å². The molecule has 0 radical (unpaired) electrons. The Balaban J connectivity index is 1.52. The zero-order valence-corrected chi connectivity index (χ0v) is 18.8. The molecular weight excluding hydrogens is 439 g/mol. The van der Waals surface area contributed by atoms with E-state index in [0.717, 1.165) is 0 Å². The molecule has 2 saturated heterocycles. The molecule has 1 amide bonds. The van der Waals surface area contributed by atoms with Gasteiger partial charge >= 0.3 is 0 Å². The van der Waals surface area contributed by atoms with Gasteiger partial charge in [-0.3, -0.25) is 9.69 Å². The first kappa shape index (κ1) is 22.7. The molecule has 0 bridgehead atoms. The minimum atomic E-state index is -3.53. The van der Waals surface area contributed by atoms with E-state index in [2.05, 4.69) is 5.32 Å². The predicted molar refractivity (Wildman–Crippen MR) is 114 cm³/mol. The molecule has 1 N–H and O–H groups in total. The number of hydrogen-bond donors (Lipinski definition) is 1. The fourth-order valence-corrected chi connectivity index (χ4v) is 5.69. The number of nitrogens with zero attached hydrogens (tertiary/aromatic N) is 3. The molecule has 3 rings (SSSR count). The number of halogens is 2. The third kappa shape index (κ3) is 5.61. The lowest BCUT2D eigenvalue weighted by Gasteiger charge is -2.40. The van der Waals surface area contributed by atoms with Crippen LogP contribution < -0.4 is 5.32 Å². The Bertz CT molecular complexity index is 836. The maximum Gasteiger partial charge on any atom is 0.282 e. The summed E-state index contributed by atoms with van der Waals surface area (Å²) in [6.07, 6.45) is -0.256. The van der Waals surface area contributed by atoms with E-state index < -0.39 is 10.2 Å². The van der Waals surface area contributed by atoms with Crippen LogP contribution in [0.3, 0.4) is 0 Å². The van der Waals surface area contributed by atoms with Crippen LogP contribution in [0.4, 0.5) is 5.69 Å². The lowest BCUT2D eigenvalue weighted by molar-refractivity contribution is -0.117. The smallest absolute Gasteiger partial charge is 0.282 e. The second-order valence-electron chi connectivity index (χ2n) is 7.41. The van der Waals surface area contributed by atoms with E-state index in [4.69, 9.17) is 27.9 Å². The highest BCUT2D eigenvalue weighted by atomic mass is 35.5. The van der Waals surface area contributed by atoms with E-state index in [1.165, 1.54) is 8.61 Å². The molecule has 1 aromatic rings. The van der Waals surface area contributed by atoms with E-state index >= 15 is 0 Å². The molecule has 0 aliphatic carbocycles. The molecule has 2 aliphatic heterocycles. The number of anilines is 1. The molecule has 0 spiro atoms. The highest BCUT2D eigenvalue weighted by Gasteiger charge is 2.36. The van der Waals surface area contributed by atoms with E-state index in [1.54, 1.807) is 18.2 Å². The number of carbonyl (C=O) groups excluding carboxylic acids is 1. The molecule has 0 aromatic heterocycles. The Morgan fingerprint density at radius 2 is 1.72 bits per heavy atom. The number of amides is 1. The Morgan fingerprint density at radius 3 is 2.34 bits per heavy atom. The molecule has 2 unspecified atom stereocenters. The minimum absolute atomic E-state index is 0.128. The van der Waals surface area contributed by atoms with Crippen molar-refractivity contribution in [3.63, 3.8) is 0 Å². The standard InChI is InChI=1S/C18H26Cl2N4O4S/c1-13-10-24(11-14(2)28-13)29(26,27)23-8-6-22(7-9-23)12-17(25)21-16-5-3-4-15(19)18(16)20/h3-5,13-14H,6-12H2,1-2H3,(H,21,25). The van der Waals surface area contributed by atoms with Gasteiger partial charge in [0.25, 0.3) is 10.2 Å². The Hall–Kier alpha value is -0.940. The SMILES string of the molecule is CC1CN(S(=O)(=O)N2CCN(CC(=O)Nc3cccc(Cl)c3Cl)CC2)CC(C)O1. The summed E-state index contributed by atoms with van der Waals surface area (Å²) in [4.78, 5) is 14.3. The van der Waals surface area contributed by atoms with Crippen molar-refractivity contribution in [2.45, 2.75) is 26.1 Å². The van der Waals surface area contributed by atoms with Gasteiger partial charge in [0.05, 0.1) is 34.5 Å². The maximum atomic E-state index is 12.9. The first-order valence-electron chi connectivity index (χ1n) is 9.53. The molecule has 2 aliphatic rings. The Morgan fingerprint density at radius 1 is 1.10 bits per heavy atom. The van der Waals surface area contributed by atoms with Gasteiger partial charge in [0.2, 0.25) is 5.91 Å². The zero-order valence-electron chi connectivity index (χ0n) is 16.5. The van der Waals surface area contributed by atoms with Gasteiger partial charge in [-0.25, -0.2) is 0 Å². The molecule has 1 aromatic carbocycles. The van der Waals surface area contributed by atoms with Crippen molar-refractivity contribution < 1.29 is 17.9 Å². The van der Waals surface area contributed by atoms with Crippen molar-refractivity contribution in [3.05, 3.63) is 28.2 Å². The minimum Gasteiger partial charge on any atom is -0.373 e. The van der Waals surface area contributed by atoms with Crippen LogP contribution in [0, 0.1) is 0 Å². The summed E-state index contributed by atoms with van der Waals surface area (Å²) in [5.41, 5.74) is 0.459. The van der Waals surface area contributed by atoms with Crippen LogP contribution >= 0.6 is 23.2 Å². The first-order chi connectivity index (χ1) is 13.7. The largest absolute Gasteiger partial charge is 0.373 e. The quantitative estimate of drug-likeness (QED) is 0.719. The van der Waals surface area contributed by atoms with Crippen LogP contribution in [0.25, 0.3) is 0 Å². The number of carbonyl (C=O) groups is 1. The molecule has 2 atom stereocenters. The van der Waals surface area contributed by atoms with Gasteiger partial charge in [-0.05, 0) is 26.0 Å². The van der Waals surface area contributed by atoms with Crippen molar-refractivity contribution >= 4 is 45.0 Å². The maximum absolute atomic E-state index is 12.9. The fourth-order valence-electron chi connectivity index (χ4n) is 3.59. The van der Waals surface area contributed by atoms with E-state index in [1.807, 2.05) is 18.7 Å². The number of ether oxygens (including phenoxy) is 1. The monoisotopic (exact) mass is 464 g/mol. The van der Waals surface area contributed by atoms with Crippen molar-refractivity contribution in [2.75, 3.05) is 51.1 Å². The Labute approximate surface area is 181 Å². The van der Waals surface area contributed by atoms with E-state index in [-0.39, 0.29) is 24.7 Å². The molecule has 0 saturated carbocycles. The highest BCUT2D eigenvalue weighted by Crippen LogP contribution is 2.29. The van der Waals surface area contributed by atoms with Gasteiger partial charge in [0.1, 0.15) is 0 Å². The van der Waals surface area contributed by atoms with Crippen molar-refractivity contribution in [2.24, 2.45) is 0 Å². The predicted octanol–water partition coefficient (Wildman–Crippen LogP) is 1.90. The summed E-state index contributed by atoms with van der Waals surface area (Å²) in [6, 6.07) is 5.04. The number of morpholine rings is 1. The van der Waals surface area contributed by atoms with E-state index in [9.17, 15) is 13.2 Å². The topological polar surface area (TPSA) is 82.2 Å². The molecule has 29 heavy (non-hydrogen) atoms. The molecule has 11 heteroatoms. The normalized spacial score (nSPS) is 25.1. The number of nitrogens with one attached hydrogen (secondary N) is 1. The van der Waals surface area contributed by atoms with Gasteiger partial charge in [-0.2, -0.15) is 17.0 Å². The van der Waals surface area contributed by atoms with Crippen molar-refractivity contribution in [1.82, 2.24) is 13.5 Å². The summed E-state index contributed by atoms with van der Waals surface area (Å²) >= 11 is 12.1. The van der Waals surface area contributed by atoms with Crippen LogP contribution in [0.5, 0.6) is 0 Å². The molecule has 162 valence electrons. The highest BCUT2D eigenvalue weighted by molar-refractivity contribution is 7.86. The van der Waals surface area contributed by atoms with Gasteiger partial charge in [-0.15, -0.1) is 0 Å². The lowest BCUT2D eigenvalue weighted by atomic mass is 10.3. The second kappa shape index (κ2) is 9.47. The van der Waals surface area contributed by atoms with Gasteiger partial charge < -0.3 is 10.1 Å². The summed E-state index contributed by atoms with van der Waals surface area (Å²) < 4.78 is 34.5. The average Bonchev–Trinajstić information content (AvgIpc) is 2.65. The third-order valence-electron chi connectivity index (χ3n) is 4.96. The Kier molecular flexibility index (Phi) is 7.42. The molecule has 2 fully saturated rings. The summed E-state index contributed by atoms with van der Waals surface area (Å²) in [5.74, 6) is -0.221. The van der Waals surface area contributed by atoms with Crippen LogP contribution in [0.1, 0.15) is 13.8 Å². The second-order valence-corrected chi connectivity index (χ2v) is 10.1.